The van der Waals surface area contributed by atoms with Gasteiger partial charge in [0.05, 0.1) is 0 Å². The van der Waals surface area contributed by atoms with Gasteiger partial charge >= 0.3 is 119 Å². The number of nitrogens with one attached hydrogen (secondary N) is 1. The number of benzene rings is 1. The summed E-state index contributed by atoms with van der Waals surface area (Å²) < 4.78 is 7.95. The van der Waals surface area contributed by atoms with Gasteiger partial charge in [-0.25, -0.2) is 0 Å². The summed E-state index contributed by atoms with van der Waals surface area (Å²) in [5.74, 6) is 1.94. The van der Waals surface area contributed by atoms with Gasteiger partial charge in [0.25, 0.3) is 0 Å². The standard InChI is InChI=1S/C15H19INO/c1-18-12-4-3-10-7-11-9-17-15(13(10)8-12)5-2-6-16-14(11)15/h3-4,8,11,14,17H,2,5-7,9H2,1H3/q-1/t11?,14-,15-/m1/s1. The van der Waals surface area contributed by atoms with Crippen molar-refractivity contribution in [3.8, 4) is 5.75 Å². The van der Waals surface area contributed by atoms with Crippen molar-refractivity contribution < 1.29 is 25.9 Å². The molecular weight excluding hydrogens is 337 g/mol. The first kappa shape index (κ1) is 11.5. The van der Waals surface area contributed by atoms with E-state index in [0.29, 0.717) is 26.7 Å². The van der Waals surface area contributed by atoms with E-state index < -0.39 is 0 Å². The number of rotatable bonds is 1. The Labute approximate surface area is 119 Å². The number of methoxy groups -OCH3 is 1. The third-order valence-electron chi connectivity index (χ3n) is 4.82. The molecule has 18 heavy (non-hydrogen) atoms. The summed E-state index contributed by atoms with van der Waals surface area (Å²) >= 11 is 0.382. The Morgan fingerprint density at radius 2 is 2.39 bits per heavy atom. The van der Waals surface area contributed by atoms with Crippen LogP contribution in [-0.2, 0) is 12.0 Å². The van der Waals surface area contributed by atoms with Crippen molar-refractivity contribution in [1.82, 2.24) is 5.32 Å². The summed E-state index contributed by atoms with van der Waals surface area (Å²) in [5.41, 5.74) is 3.48. The SMILES string of the molecule is COc1ccc2c(c1)[C@]13CCC[I-][C@@H]1C(CN3)C2. The number of hydrogen-bond acceptors (Lipinski definition) is 2. The van der Waals surface area contributed by atoms with Crippen LogP contribution in [-0.4, -0.2) is 22.0 Å². The van der Waals surface area contributed by atoms with Gasteiger partial charge in [-0.2, -0.15) is 0 Å². The van der Waals surface area contributed by atoms with E-state index in [-0.39, 0.29) is 0 Å². The fourth-order valence-electron chi connectivity index (χ4n) is 4.05. The van der Waals surface area contributed by atoms with Crippen LogP contribution in [0.4, 0.5) is 0 Å². The van der Waals surface area contributed by atoms with Crippen LogP contribution in [0.25, 0.3) is 0 Å². The van der Waals surface area contributed by atoms with Crippen molar-refractivity contribution in [2.24, 2.45) is 5.92 Å². The predicted octanol–water partition coefficient (Wildman–Crippen LogP) is -1.08. The molecule has 1 N–H and O–H groups in total. The Kier molecular flexibility index (Phi) is 2.63. The molecule has 0 spiro atoms. The summed E-state index contributed by atoms with van der Waals surface area (Å²) in [6, 6.07) is 6.75. The Bertz CT molecular complexity index is 489. The summed E-state index contributed by atoms with van der Waals surface area (Å²) in [6.07, 6.45) is 4.05. The molecule has 1 aliphatic carbocycles. The third-order valence-corrected chi connectivity index (χ3v) is 9.24. The topological polar surface area (TPSA) is 21.3 Å². The molecule has 3 aliphatic rings. The molecule has 1 aromatic rings. The minimum atomic E-state index is 0.332. The van der Waals surface area contributed by atoms with E-state index in [1.54, 1.807) is 18.2 Å². The summed E-state index contributed by atoms with van der Waals surface area (Å²) in [6.45, 7) is 1.24. The first-order valence-corrected chi connectivity index (χ1v) is 9.61. The maximum atomic E-state index is 5.44. The monoisotopic (exact) mass is 356 g/mol. The zero-order valence-corrected chi connectivity index (χ0v) is 12.9. The normalized spacial score (nSPS) is 37.4. The molecule has 4 rings (SSSR count). The molecule has 0 radical (unpaired) electrons. The fraction of sp³-hybridized carbons (Fsp3) is 0.600. The molecule has 2 fully saturated rings. The molecule has 3 heteroatoms. The number of alkyl halides is 2. The molecular formula is C15H19INO-. The predicted molar refractivity (Wildman–Crippen MR) is 67.8 cm³/mol. The Morgan fingerprint density at radius 3 is 3.28 bits per heavy atom. The maximum absolute atomic E-state index is 5.44. The Morgan fingerprint density at radius 1 is 1.44 bits per heavy atom. The van der Waals surface area contributed by atoms with E-state index >= 15 is 0 Å². The van der Waals surface area contributed by atoms with Crippen LogP contribution in [0.2, 0.25) is 0 Å². The fourth-order valence-corrected chi connectivity index (χ4v) is 8.39. The van der Waals surface area contributed by atoms with Crippen molar-refractivity contribution in [2.45, 2.75) is 28.7 Å². The van der Waals surface area contributed by atoms with Gasteiger partial charge in [-0.15, -0.1) is 0 Å². The first-order valence-electron chi connectivity index (χ1n) is 6.84. The van der Waals surface area contributed by atoms with Crippen LogP contribution >= 0.6 is 0 Å². The second-order valence-corrected chi connectivity index (χ2v) is 8.99. The van der Waals surface area contributed by atoms with Gasteiger partial charge in [-0.3, -0.25) is 0 Å². The number of ether oxygens (including phenoxy) is 1. The average Bonchev–Trinajstić information content (AvgIpc) is 2.72. The van der Waals surface area contributed by atoms with Gasteiger partial charge in [-0.1, -0.05) is 0 Å². The van der Waals surface area contributed by atoms with E-state index in [0.717, 1.165) is 15.6 Å². The van der Waals surface area contributed by atoms with Gasteiger partial charge in [0, 0.05) is 0 Å². The van der Waals surface area contributed by atoms with Gasteiger partial charge in [0.1, 0.15) is 0 Å². The van der Waals surface area contributed by atoms with Crippen molar-refractivity contribution in [1.29, 1.82) is 0 Å². The molecule has 3 atom stereocenters. The molecule has 0 aromatic heterocycles. The molecule has 2 nitrogen and oxygen atoms in total. The van der Waals surface area contributed by atoms with Crippen LogP contribution in [0.1, 0.15) is 24.0 Å². The van der Waals surface area contributed by atoms with Crippen LogP contribution < -0.4 is 31.3 Å². The van der Waals surface area contributed by atoms with Crippen molar-refractivity contribution >= 4 is 0 Å². The number of hydrogen-bond donors (Lipinski definition) is 1. The molecule has 0 saturated carbocycles. The molecule has 1 aromatic carbocycles. The molecule has 0 amide bonds. The van der Waals surface area contributed by atoms with E-state index in [1.807, 2.05) is 0 Å². The van der Waals surface area contributed by atoms with Crippen LogP contribution in [0.3, 0.4) is 0 Å². The second-order valence-electron chi connectivity index (χ2n) is 5.69. The van der Waals surface area contributed by atoms with Crippen LogP contribution in [0.5, 0.6) is 5.75 Å². The molecule has 2 heterocycles. The van der Waals surface area contributed by atoms with Gasteiger partial charge < -0.3 is 0 Å². The van der Waals surface area contributed by atoms with E-state index in [4.69, 9.17) is 4.74 Å². The van der Waals surface area contributed by atoms with Crippen molar-refractivity contribution in [2.75, 3.05) is 18.1 Å². The summed E-state index contributed by atoms with van der Waals surface area (Å²) in [4.78, 5) is 0. The summed E-state index contributed by atoms with van der Waals surface area (Å²) in [5, 5.41) is 3.91. The average molecular weight is 356 g/mol. The van der Waals surface area contributed by atoms with Crippen molar-refractivity contribution in [3.63, 3.8) is 0 Å². The zero-order valence-electron chi connectivity index (χ0n) is 10.7. The van der Waals surface area contributed by atoms with E-state index in [2.05, 4.69) is 23.5 Å². The van der Waals surface area contributed by atoms with Gasteiger partial charge in [-0.05, 0) is 0 Å². The molecule has 2 saturated heterocycles. The first-order chi connectivity index (χ1) is 8.83. The second kappa shape index (κ2) is 4.10. The molecule has 2 aliphatic heterocycles. The Hall–Kier alpha value is -0.290. The number of fused-ring (bicyclic) bond motifs is 1. The van der Waals surface area contributed by atoms with E-state index in [9.17, 15) is 0 Å². The number of halogens is 1. The van der Waals surface area contributed by atoms with Crippen LogP contribution in [0.15, 0.2) is 18.2 Å². The summed E-state index contributed by atoms with van der Waals surface area (Å²) in [7, 11) is 1.78. The quantitative estimate of drug-likeness (QED) is 0.511. The zero-order chi connectivity index (χ0) is 12.2. The minimum absolute atomic E-state index is 0.332. The molecule has 1 unspecified atom stereocenters. The van der Waals surface area contributed by atoms with Crippen LogP contribution in [0, 0.1) is 5.92 Å². The molecule has 98 valence electrons. The third kappa shape index (κ3) is 1.43. The van der Waals surface area contributed by atoms with Gasteiger partial charge in [0.15, 0.2) is 0 Å². The van der Waals surface area contributed by atoms with E-state index in [1.165, 1.54) is 30.2 Å². The van der Waals surface area contributed by atoms with Crippen molar-refractivity contribution in [3.05, 3.63) is 29.3 Å². The Balaban J connectivity index is 1.88. The van der Waals surface area contributed by atoms with Gasteiger partial charge in [0.2, 0.25) is 0 Å². The molecule has 2 bridgehead atoms.